The summed E-state index contributed by atoms with van der Waals surface area (Å²) in [6.45, 7) is 2.76. The van der Waals surface area contributed by atoms with Crippen LogP contribution in [0.25, 0.3) is 0 Å². The third-order valence-electron chi connectivity index (χ3n) is 2.96. The van der Waals surface area contributed by atoms with E-state index >= 15 is 0 Å². The van der Waals surface area contributed by atoms with Gasteiger partial charge in [-0.2, -0.15) is 0 Å². The van der Waals surface area contributed by atoms with Crippen molar-refractivity contribution in [2.24, 2.45) is 0 Å². The molecular formula is C15H17NO3. The molecular weight excluding hydrogens is 242 g/mol. The van der Waals surface area contributed by atoms with E-state index in [1.807, 2.05) is 43.3 Å². The maximum atomic E-state index is 10.6. The van der Waals surface area contributed by atoms with Crippen LogP contribution in [0.5, 0.6) is 0 Å². The summed E-state index contributed by atoms with van der Waals surface area (Å²) >= 11 is 0. The molecule has 1 atom stereocenters. The summed E-state index contributed by atoms with van der Waals surface area (Å²) in [5.41, 5.74) is 1.93. The predicted molar refractivity (Wildman–Crippen MR) is 71.7 cm³/mol. The summed E-state index contributed by atoms with van der Waals surface area (Å²) in [4.78, 5) is 10.6. The molecule has 0 fully saturated rings. The summed E-state index contributed by atoms with van der Waals surface area (Å²) < 4.78 is 5.32. The lowest BCUT2D eigenvalue weighted by atomic mass is 10.1. The Balaban J connectivity index is 1.88. The number of aliphatic carboxylic acids is 1. The van der Waals surface area contributed by atoms with Crippen molar-refractivity contribution in [1.82, 2.24) is 5.32 Å². The van der Waals surface area contributed by atoms with Gasteiger partial charge in [0.25, 0.3) is 0 Å². The van der Waals surface area contributed by atoms with Crippen molar-refractivity contribution >= 4 is 5.97 Å². The highest BCUT2D eigenvalue weighted by molar-refractivity contribution is 5.70. The predicted octanol–water partition coefficient (Wildman–Crippen LogP) is 2.76. The van der Waals surface area contributed by atoms with Crippen molar-refractivity contribution in [3.63, 3.8) is 0 Å². The Morgan fingerprint density at radius 3 is 2.53 bits per heavy atom. The van der Waals surface area contributed by atoms with Crippen molar-refractivity contribution in [1.29, 1.82) is 0 Å². The van der Waals surface area contributed by atoms with Crippen molar-refractivity contribution in [2.45, 2.75) is 25.9 Å². The van der Waals surface area contributed by atoms with Crippen LogP contribution in [0.3, 0.4) is 0 Å². The molecule has 0 aliphatic rings. The molecule has 1 heterocycles. The first-order valence-corrected chi connectivity index (χ1v) is 6.21. The van der Waals surface area contributed by atoms with Gasteiger partial charge in [-0.1, -0.05) is 24.3 Å². The van der Waals surface area contributed by atoms with E-state index in [1.54, 1.807) is 6.26 Å². The van der Waals surface area contributed by atoms with E-state index in [9.17, 15) is 4.79 Å². The Bertz CT molecular complexity index is 517. The molecule has 1 aromatic heterocycles. The fourth-order valence-electron chi connectivity index (χ4n) is 1.86. The number of carboxylic acid groups (broad SMARTS) is 1. The van der Waals surface area contributed by atoms with Crippen LogP contribution in [0.4, 0.5) is 0 Å². The average Bonchev–Trinajstić information content (AvgIpc) is 2.91. The van der Waals surface area contributed by atoms with Gasteiger partial charge in [-0.3, -0.25) is 4.79 Å². The van der Waals surface area contributed by atoms with E-state index in [2.05, 4.69) is 5.32 Å². The molecule has 0 saturated heterocycles. The van der Waals surface area contributed by atoms with Crippen LogP contribution in [0.2, 0.25) is 0 Å². The van der Waals surface area contributed by atoms with Crippen LogP contribution < -0.4 is 5.32 Å². The standard InChI is InChI=1S/C15H17NO3/c1-11(14-3-2-8-19-14)16-10-13-6-4-12(5-7-13)9-15(17)18/h2-8,11,16H,9-10H2,1H3,(H,17,18). The first-order valence-electron chi connectivity index (χ1n) is 6.21. The summed E-state index contributed by atoms with van der Waals surface area (Å²) in [5.74, 6) is 0.0970. The molecule has 4 nitrogen and oxygen atoms in total. The van der Waals surface area contributed by atoms with Crippen molar-refractivity contribution < 1.29 is 14.3 Å². The van der Waals surface area contributed by atoms with Gasteiger partial charge in [-0.15, -0.1) is 0 Å². The maximum Gasteiger partial charge on any atom is 0.307 e. The second kappa shape index (κ2) is 6.20. The topological polar surface area (TPSA) is 62.5 Å². The number of benzene rings is 1. The zero-order valence-corrected chi connectivity index (χ0v) is 10.8. The molecule has 0 saturated carbocycles. The molecule has 1 aromatic carbocycles. The number of furan rings is 1. The minimum absolute atomic E-state index is 0.0660. The molecule has 0 aliphatic carbocycles. The van der Waals surface area contributed by atoms with Crippen molar-refractivity contribution in [3.05, 3.63) is 59.5 Å². The highest BCUT2D eigenvalue weighted by Crippen LogP contribution is 2.13. The SMILES string of the molecule is CC(NCc1ccc(CC(=O)O)cc1)c1ccco1. The van der Waals surface area contributed by atoms with E-state index in [0.717, 1.165) is 23.4 Å². The Morgan fingerprint density at radius 2 is 1.95 bits per heavy atom. The Kier molecular flexibility index (Phi) is 4.36. The quantitative estimate of drug-likeness (QED) is 0.837. The smallest absolute Gasteiger partial charge is 0.307 e. The highest BCUT2D eigenvalue weighted by atomic mass is 16.4. The van der Waals surface area contributed by atoms with Crippen LogP contribution in [-0.2, 0) is 17.8 Å². The van der Waals surface area contributed by atoms with Gasteiger partial charge in [0.15, 0.2) is 0 Å². The number of carbonyl (C=O) groups is 1. The summed E-state index contributed by atoms with van der Waals surface area (Å²) in [6, 6.07) is 11.5. The largest absolute Gasteiger partial charge is 0.481 e. The van der Waals surface area contributed by atoms with Crippen molar-refractivity contribution in [2.75, 3.05) is 0 Å². The minimum Gasteiger partial charge on any atom is -0.481 e. The van der Waals surface area contributed by atoms with E-state index in [-0.39, 0.29) is 12.5 Å². The second-order valence-corrected chi connectivity index (χ2v) is 4.51. The molecule has 1 unspecified atom stereocenters. The van der Waals surface area contributed by atoms with Crippen LogP contribution in [-0.4, -0.2) is 11.1 Å². The number of carboxylic acids is 1. The fourth-order valence-corrected chi connectivity index (χ4v) is 1.86. The molecule has 0 radical (unpaired) electrons. The maximum absolute atomic E-state index is 10.6. The van der Waals surface area contributed by atoms with Gasteiger partial charge in [-0.25, -0.2) is 0 Å². The lowest BCUT2D eigenvalue weighted by Crippen LogP contribution is -2.17. The zero-order chi connectivity index (χ0) is 13.7. The van der Waals surface area contributed by atoms with E-state index in [0.29, 0.717) is 0 Å². The molecule has 2 aromatic rings. The van der Waals surface area contributed by atoms with Gasteiger partial charge in [0.05, 0.1) is 18.7 Å². The Morgan fingerprint density at radius 1 is 1.26 bits per heavy atom. The number of nitrogens with one attached hydrogen (secondary N) is 1. The van der Waals surface area contributed by atoms with Crippen LogP contribution in [0, 0.1) is 0 Å². The van der Waals surface area contributed by atoms with Gasteiger partial charge in [0, 0.05) is 6.54 Å². The number of hydrogen-bond donors (Lipinski definition) is 2. The zero-order valence-electron chi connectivity index (χ0n) is 10.8. The Labute approximate surface area is 112 Å². The van der Waals surface area contributed by atoms with Crippen molar-refractivity contribution in [3.8, 4) is 0 Å². The minimum atomic E-state index is -0.808. The average molecular weight is 259 g/mol. The van der Waals surface area contributed by atoms with Crippen LogP contribution in [0.1, 0.15) is 29.9 Å². The molecule has 4 heteroatoms. The summed E-state index contributed by atoms with van der Waals surface area (Å²) in [7, 11) is 0. The lowest BCUT2D eigenvalue weighted by molar-refractivity contribution is -0.136. The van der Waals surface area contributed by atoms with E-state index in [1.165, 1.54) is 0 Å². The molecule has 2 N–H and O–H groups in total. The van der Waals surface area contributed by atoms with Gasteiger partial charge in [0.1, 0.15) is 5.76 Å². The highest BCUT2D eigenvalue weighted by Gasteiger charge is 2.07. The third kappa shape index (κ3) is 3.96. The normalized spacial score (nSPS) is 12.3. The fraction of sp³-hybridized carbons (Fsp3) is 0.267. The van der Waals surface area contributed by atoms with Gasteiger partial charge in [0.2, 0.25) is 0 Å². The summed E-state index contributed by atoms with van der Waals surface area (Å²) in [5, 5.41) is 12.0. The number of rotatable bonds is 6. The first-order chi connectivity index (χ1) is 9.15. The molecule has 0 aliphatic heterocycles. The Hall–Kier alpha value is -2.07. The first kappa shape index (κ1) is 13.4. The second-order valence-electron chi connectivity index (χ2n) is 4.51. The molecule has 2 rings (SSSR count). The molecule has 0 spiro atoms. The molecule has 0 bridgehead atoms. The van der Waals surface area contributed by atoms with E-state index < -0.39 is 5.97 Å². The van der Waals surface area contributed by atoms with E-state index in [4.69, 9.17) is 9.52 Å². The molecule has 0 amide bonds. The molecule has 100 valence electrons. The third-order valence-corrected chi connectivity index (χ3v) is 2.96. The van der Waals surface area contributed by atoms with Gasteiger partial charge < -0.3 is 14.8 Å². The monoisotopic (exact) mass is 259 g/mol. The van der Waals surface area contributed by atoms with Crippen LogP contribution in [0.15, 0.2) is 47.1 Å². The lowest BCUT2D eigenvalue weighted by Gasteiger charge is -2.11. The van der Waals surface area contributed by atoms with Gasteiger partial charge >= 0.3 is 5.97 Å². The molecule has 19 heavy (non-hydrogen) atoms. The summed E-state index contributed by atoms with van der Waals surface area (Å²) in [6.07, 6.45) is 1.73. The van der Waals surface area contributed by atoms with Crippen LogP contribution >= 0.6 is 0 Å². The van der Waals surface area contributed by atoms with Gasteiger partial charge in [-0.05, 0) is 30.2 Å². The number of hydrogen-bond acceptors (Lipinski definition) is 3.